The molecule has 3 heteroatoms. The second kappa shape index (κ2) is 5.39. The number of hydrogen-bond acceptors (Lipinski definition) is 2. The van der Waals surface area contributed by atoms with Gasteiger partial charge in [0.05, 0.1) is 12.9 Å². The van der Waals surface area contributed by atoms with Crippen molar-refractivity contribution in [2.24, 2.45) is 0 Å². The van der Waals surface area contributed by atoms with Crippen LogP contribution in [-0.4, -0.2) is 15.3 Å². The van der Waals surface area contributed by atoms with Crippen molar-refractivity contribution in [2.45, 2.75) is 38.1 Å². The van der Waals surface area contributed by atoms with E-state index in [4.69, 9.17) is 0 Å². The molecule has 1 aromatic carbocycles. The van der Waals surface area contributed by atoms with Crippen LogP contribution >= 0.6 is 0 Å². The predicted octanol–water partition coefficient (Wildman–Crippen LogP) is 3.42. The minimum absolute atomic E-state index is 0.135. The Morgan fingerprint density at radius 3 is 2.58 bits per heavy atom. The first-order chi connectivity index (χ1) is 9.33. The molecule has 1 aliphatic rings. The molecule has 1 aliphatic carbocycles. The van der Waals surface area contributed by atoms with Crippen LogP contribution < -0.4 is 0 Å². The monoisotopic (exact) mass is 254 g/mol. The first kappa shape index (κ1) is 12.2. The zero-order valence-electron chi connectivity index (χ0n) is 11.0. The van der Waals surface area contributed by atoms with Crippen molar-refractivity contribution in [3.8, 4) is 0 Å². The van der Waals surface area contributed by atoms with E-state index in [0.717, 1.165) is 5.56 Å². The smallest absolute Gasteiger partial charge is 0.182 e. The van der Waals surface area contributed by atoms with Crippen LogP contribution in [0.2, 0.25) is 0 Å². The van der Waals surface area contributed by atoms with E-state index in [2.05, 4.69) is 17.1 Å². The van der Waals surface area contributed by atoms with Gasteiger partial charge in [0.1, 0.15) is 0 Å². The Kier molecular flexibility index (Phi) is 3.45. The van der Waals surface area contributed by atoms with Crippen molar-refractivity contribution in [1.82, 2.24) is 9.55 Å². The van der Waals surface area contributed by atoms with E-state index in [0.29, 0.717) is 12.5 Å². The quantitative estimate of drug-likeness (QED) is 0.783. The van der Waals surface area contributed by atoms with Crippen LogP contribution in [-0.2, 0) is 6.54 Å². The lowest BCUT2D eigenvalue weighted by Crippen LogP contribution is -2.09. The third-order valence-corrected chi connectivity index (χ3v) is 3.94. The molecule has 0 aliphatic heterocycles. The minimum atomic E-state index is 0.135. The molecule has 0 radical (unpaired) electrons. The molecule has 0 unspecified atom stereocenters. The second-order valence-electron chi connectivity index (χ2n) is 5.26. The predicted molar refractivity (Wildman–Crippen MR) is 74.2 cm³/mol. The highest BCUT2D eigenvalue weighted by Gasteiger charge is 2.17. The lowest BCUT2D eigenvalue weighted by Gasteiger charge is -2.10. The van der Waals surface area contributed by atoms with Gasteiger partial charge in [-0.3, -0.25) is 4.79 Å². The van der Waals surface area contributed by atoms with E-state index in [1.54, 1.807) is 17.1 Å². The number of Topliss-reactive ketones (excluding diaryl/α,β-unsaturated/α-hetero) is 1. The van der Waals surface area contributed by atoms with Crippen molar-refractivity contribution in [2.75, 3.05) is 0 Å². The van der Waals surface area contributed by atoms with Crippen LogP contribution in [0.3, 0.4) is 0 Å². The molecule has 0 atom stereocenters. The SMILES string of the molecule is O=C(Cn1ccnc1)c1ccc(C2CCCC2)cc1. The molecule has 2 aromatic rings. The molecule has 0 spiro atoms. The summed E-state index contributed by atoms with van der Waals surface area (Å²) in [5.74, 6) is 0.841. The first-order valence-corrected chi connectivity index (χ1v) is 6.92. The van der Waals surface area contributed by atoms with Crippen molar-refractivity contribution in [3.63, 3.8) is 0 Å². The zero-order chi connectivity index (χ0) is 13.1. The number of nitrogens with zero attached hydrogens (tertiary/aromatic N) is 2. The van der Waals surface area contributed by atoms with Crippen molar-refractivity contribution < 1.29 is 4.79 Å². The average Bonchev–Trinajstić information content (AvgIpc) is 3.12. The molecular formula is C16H18N2O. The van der Waals surface area contributed by atoms with Gasteiger partial charge in [0, 0.05) is 18.0 Å². The Morgan fingerprint density at radius 2 is 1.95 bits per heavy atom. The summed E-state index contributed by atoms with van der Waals surface area (Å²) in [7, 11) is 0. The molecule has 3 rings (SSSR count). The number of rotatable bonds is 4. The van der Waals surface area contributed by atoms with Crippen molar-refractivity contribution in [1.29, 1.82) is 0 Å². The van der Waals surface area contributed by atoms with Gasteiger partial charge in [-0.2, -0.15) is 0 Å². The molecule has 1 aromatic heterocycles. The van der Waals surface area contributed by atoms with Gasteiger partial charge >= 0.3 is 0 Å². The van der Waals surface area contributed by atoms with Crippen LogP contribution in [0.25, 0.3) is 0 Å². The highest BCUT2D eigenvalue weighted by atomic mass is 16.1. The Bertz CT molecular complexity index is 537. The normalized spacial score (nSPS) is 15.8. The lowest BCUT2D eigenvalue weighted by molar-refractivity contribution is 0.0972. The van der Waals surface area contributed by atoms with Crippen LogP contribution in [0.1, 0.15) is 47.5 Å². The standard InChI is InChI=1S/C16H18N2O/c19-16(11-18-10-9-17-12-18)15-7-5-14(6-8-15)13-3-1-2-4-13/h5-10,12-13H,1-4,11H2. The Labute approximate surface area is 113 Å². The maximum absolute atomic E-state index is 12.1. The summed E-state index contributed by atoms with van der Waals surface area (Å²) >= 11 is 0. The van der Waals surface area contributed by atoms with Gasteiger partial charge < -0.3 is 4.57 Å². The van der Waals surface area contributed by atoms with Crippen LogP contribution in [0.4, 0.5) is 0 Å². The van der Waals surface area contributed by atoms with Gasteiger partial charge in [-0.25, -0.2) is 4.98 Å². The van der Waals surface area contributed by atoms with Gasteiger partial charge in [0.15, 0.2) is 5.78 Å². The van der Waals surface area contributed by atoms with Gasteiger partial charge in [-0.1, -0.05) is 37.1 Å². The molecule has 0 saturated heterocycles. The summed E-state index contributed by atoms with van der Waals surface area (Å²) in [6, 6.07) is 8.17. The first-order valence-electron chi connectivity index (χ1n) is 6.92. The van der Waals surface area contributed by atoms with E-state index < -0.39 is 0 Å². The van der Waals surface area contributed by atoms with E-state index in [1.165, 1.54) is 31.2 Å². The van der Waals surface area contributed by atoms with Crippen molar-refractivity contribution in [3.05, 3.63) is 54.1 Å². The van der Waals surface area contributed by atoms with E-state index >= 15 is 0 Å². The number of ketones is 1. The molecule has 98 valence electrons. The molecule has 0 bridgehead atoms. The fourth-order valence-electron chi connectivity index (χ4n) is 2.84. The summed E-state index contributed by atoms with van der Waals surface area (Å²) in [6.45, 7) is 0.364. The third-order valence-electron chi connectivity index (χ3n) is 3.94. The number of aromatic nitrogens is 2. The van der Waals surface area contributed by atoms with E-state index in [1.807, 2.05) is 18.3 Å². The molecule has 1 fully saturated rings. The molecule has 19 heavy (non-hydrogen) atoms. The fraction of sp³-hybridized carbons (Fsp3) is 0.375. The maximum atomic E-state index is 12.1. The Balaban J connectivity index is 1.69. The molecule has 0 amide bonds. The molecular weight excluding hydrogens is 236 g/mol. The van der Waals surface area contributed by atoms with Gasteiger partial charge in [-0.05, 0) is 24.3 Å². The number of hydrogen-bond donors (Lipinski definition) is 0. The molecule has 3 nitrogen and oxygen atoms in total. The maximum Gasteiger partial charge on any atom is 0.182 e. The molecule has 1 saturated carbocycles. The summed E-state index contributed by atoms with van der Waals surface area (Å²) in [4.78, 5) is 16.0. The number of imidazole rings is 1. The fourth-order valence-corrected chi connectivity index (χ4v) is 2.84. The largest absolute Gasteiger partial charge is 0.330 e. The molecule has 1 heterocycles. The highest BCUT2D eigenvalue weighted by Crippen LogP contribution is 2.33. The van der Waals surface area contributed by atoms with Crippen LogP contribution in [0.5, 0.6) is 0 Å². The number of benzene rings is 1. The zero-order valence-corrected chi connectivity index (χ0v) is 11.0. The number of carbonyl (C=O) groups excluding carboxylic acids is 1. The molecule has 0 N–H and O–H groups in total. The minimum Gasteiger partial charge on any atom is -0.330 e. The van der Waals surface area contributed by atoms with Crippen LogP contribution in [0, 0.1) is 0 Å². The second-order valence-corrected chi connectivity index (χ2v) is 5.26. The summed E-state index contributed by atoms with van der Waals surface area (Å²) in [5, 5.41) is 0. The summed E-state index contributed by atoms with van der Waals surface area (Å²) < 4.78 is 1.80. The van der Waals surface area contributed by atoms with E-state index in [9.17, 15) is 4.79 Å². The third kappa shape index (κ3) is 2.75. The van der Waals surface area contributed by atoms with Crippen molar-refractivity contribution >= 4 is 5.78 Å². The topological polar surface area (TPSA) is 34.9 Å². The van der Waals surface area contributed by atoms with E-state index in [-0.39, 0.29) is 5.78 Å². The van der Waals surface area contributed by atoms with Crippen LogP contribution in [0.15, 0.2) is 43.0 Å². The average molecular weight is 254 g/mol. The van der Waals surface area contributed by atoms with Gasteiger partial charge in [0.2, 0.25) is 0 Å². The Hall–Kier alpha value is -1.90. The Morgan fingerprint density at radius 1 is 1.21 bits per heavy atom. The number of carbonyl (C=O) groups is 1. The van der Waals surface area contributed by atoms with Gasteiger partial charge in [-0.15, -0.1) is 0 Å². The summed E-state index contributed by atoms with van der Waals surface area (Å²) in [5.41, 5.74) is 2.17. The summed E-state index contributed by atoms with van der Waals surface area (Å²) in [6.07, 6.45) is 10.4. The lowest BCUT2D eigenvalue weighted by atomic mass is 9.96. The van der Waals surface area contributed by atoms with Gasteiger partial charge in [0.25, 0.3) is 0 Å². The highest BCUT2D eigenvalue weighted by molar-refractivity contribution is 5.95.